The second kappa shape index (κ2) is 4.55. The van der Waals surface area contributed by atoms with Crippen molar-refractivity contribution < 1.29 is 0 Å². The molecule has 0 fully saturated rings. The topological polar surface area (TPSA) is 28.7 Å². The number of imidazole rings is 1. The normalized spacial score (nSPS) is 11.1. The lowest BCUT2D eigenvalue weighted by Gasteiger charge is -1.95. The molecule has 86 valence electrons. The Morgan fingerprint density at radius 2 is 2.18 bits per heavy atom. The molecule has 2 nitrogen and oxygen atoms in total. The number of nitrogens with one attached hydrogen (secondary N) is 1. The van der Waals surface area contributed by atoms with E-state index in [0.29, 0.717) is 0 Å². The number of fused-ring (bicyclic) bond motifs is 1. The Hall–Kier alpha value is -1.26. The molecule has 1 aromatic carbocycles. The number of aromatic amines is 1. The van der Waals surface area contributed by atoms with E-state index in [1.165, 1.54) is 15.6 Å². The maximum absolute atomic E-state index is 4.37. The van der Waals surface area contributed by atoms with Gasteiger partial charge in [0.15, 0.2) is 0 Å². The number of rotatable bonds is 3. The number of aromatic nitrogens is 2. The molecule has 0 radical (unpaired) electrons. The first-order valence-electron chi connectivity index (χ1n) is 5.50. The average Bonchev–Trinajstić information content (AvgIpc) is 2.95. The van der Waals surface area contributed by atoms with Gasteiger partial charge in [-0.05, 0) is 11.8 Å². The minimum atomic E-state index is 0.817. The number of H-pyrrole nitrogens is 1. The van der Waals surface area contributed by atoms with E-state index in [4.69, 9.17) is 0 Å². The van der Waals surface area contributed by atoms with Gasteiger partial charge in [-0.2, -0.15) is 12.6 Å². The van der Waals surface area contributed by atoms with Gasteiger partial charge in [0.05, 0.1) is 11.9 Å². The molecule has 0 aliphatic carbocycles. The van der Waals surface area contributed by atoms with Crippen LogP contribution in [0.25, 0.3) is 21.3 Å². The maximum atomic E-state index is 4.37. The van der Waals surface area contributed by atoms with Crippen LogP contribution in [0.2, 0.25) is 0 Å². The Morgan fingerprint density at radius 1 is 1.29 bits per heavy atom. The largest absolute Gasteiger partial charge is 0.342 e. The van der Waals surface area contributed by atoms with Gasteiger partial charge in [-0.3, -0.25) is 0 Å². The summed E-state index contributed by atoms with van der Waals surface area (Å²) in [5.74, 6) is 1.82. The standard InChI is InChI=1S/C13H12N2S2/c16-6-5-13-14-7-11(15-13)10-8-17-12-4-2-1-3-9(10)12/h1-4,7-8,16H,5-6H2,(H,14,15). The molecule has 0 unspecified atom stereocenters. The zero-order valence-electron chi connectivity index (χ0n) is 9.18. The highest BCUT2D eigenvalue weighted by Gasteiger charge is 2.08. The molecule has 0 aliphatic rings. The van der Waals surface area contributed by atoms with Crippen LogP contribution in [0.3, 0.4) is 0 Å². The fourth-order valence-corrected chi connectivity index (χ4v) is 3.09. The Morgan fingerprint density at radius 3 is 3.06 bits per heavy atom. The molecule has 0 amide bonds. The quantitative estimate of drug-likeness (QED) is 0.690. The van der Waals surface area contributed by atoms with Gasteiger partial charge in [0, 0.05) is 27.5 Å². The molecule has 2 heterocycles. The van der Waals surface area contributed by atoms with Crippen molar-refractivity contribution in [3.05, 3.63) is 41.7 Å². The Kier molecular flexibility index (Phi) is 2.91. The zero-order chi connectivity index (χ0) is 11.7. The van der Waals surface area contributed by atoms with Crippen molar-refractivity contribution in [2.24, 2.45) is 0 Å². The Bertz CT molecular complexity index is 639. The van der Waals surface area contributed by atoms with Crippen molar-refractivity contribution in [1.29, 1.82) is 0 Å². The van der Waals surface area contributed by atoms with E-state index in [9.17, 15) is 0 Å². The number of hydrogen-bond acceptors (Lipinski definition) is 3. The fourth-order valence-electron chi connectivity index (χ4n) is 1.92. The van der Waals surface area contributed by atoms with Crippen molar-refractivity contribution in [2.45, 2.75) is 6.42 Å². The van der Waals surface area contributed by atoms with Crippen LogP contribution in [0.5, 0.6) is 0 Å². The van der Waals surface area contributed by atoms with Gasteiger partial charge < -0.3 is 4.98 Å². The molecule has 0 saturated heterocycles. The van der Waals surface area contributed by atoms with Crippen LogP contribution in [-0.2, 0) is 6.42 Å². The minimum absolute atomic E-state index is 0.817. The zero-order valence-corrected chi connectivity index (χ0v) is 10.9. The Labute approximate surface area is 109 Å². The SMILES string of the molecule is SCCc1ncc(-c2csc3ccccc23)[nH]1. The first-order chi connectivity index (χ1) is 8.38. The summed E-state index contributed by atoms with van der Waals surface area (Å²) in [7, 11) is 0. The first kappa shape index (κ1) is 10.9. The molecule has 0 atom stereocenters. The summed E-state index contributed by atoms with van der Waals surface area (Å²) in [6.07, 6.45) is 2.79. The molecule has 0 aliphatic heterocycles. The summed E-state index contributed by atoms with van der Waals surface area (Å²) in [4.78, 5) is 7.72. The summed E-state index contributed by atoms with van der Waals surface area (Å²) in [6, 6.07) is 8.44. The molecule has 0 spiro atoms. The first-order valence-corrected chi connectivity index (χ1v) is 7.01. The molecule has 3 aromatic rings. The van der Waals surface area contributed by atoms with E-state index in [-0.39, 0.29) is 0 Å². The second-order valence-electron chi connectivity index (χ2n) is 3.86. The maximum Gasteiger partial charge on any atom is 0.107 e. The van der Waals surface area contributed by atoms with Gasteiger partial charge in [0.25, 0.3) is 0 Å². The summed E-state index contributed by atoms with van der Waals surface area (Å²) >= 11 is 5.99. The molecule has 1 N–H and O–H groups in total. The molecule has 0 bridgehead atoms. The number of benzene rings is 1. The van der Waals surface area contributed by atoms with E-state index in [1.807, 2.05) is 6.20 Å². The highest BCUT2D eigenvalue weighted by Crippen LogP contribution is 2.32. The van der Waals surface area contributed by atoms with Gasteiger partial charge in [0.1, 0.15) is 5.82 Å². The predicted molar refractivity (Wildman–Crippen MR) is 77.0 cm³/mol. The molecule has 4 heteroatoms. The van der Waals surface area contributed by atoms with Gasteiger partial charge in [-0.15, -0.1) is 11.3 Å². The highest BCUT2D eigenvalue weighted by atomic mass is 32.1. The van der Waals surface area contributed by atoms with Crippen LogP contribution in [-0.4, -0.2) is 15.7 Å². The van der Waals surface area contributed by atoms with Crippen LogP contribution in [0.4, 0.5) is 0 Å². The Balaban J connectivity index is 2.07. The van der Waals surface area contributed by atoms with Crippen molar-refractivity contribution in [2.75, 3.05) is 5.75 Å². The number of hydrogen-bond donors (Lipinski definition) is 2. The van der Waals surface area contributed by atoms with Crippen LogP contribution < -0.4 is 0 Å². The van der Waals surface area contributed by atoms with E-state index in [2.05, 4.69) is 52.2 Å². The van der Waals surface area contributed by atoms with Crippen molar-refractivity contribution >= 4 is 34.1 Å². The van der Waals surface area contributed by atoms with Crippen LogP contribution in [0.15, 0.2) is 35.8 Å². The summed E-state index contributed by atoms with van der Waals surface area (Å²) in [5, 5.41) is 3.47. The smallest absolute Gasteiger partial charge is 0.107 e. The number of thiol groups is 1. The van der Waals surface area contributed by atoms with Crippen LogP contribution >= 0.6 is 24.0 Å². The molecule has 0 saturated carbocycles. The van der Waals surface area contributed by atoms with Crippen molar-refractivity contribution in [3.8, 4) is 11.3 Å². The highest BCUT2D eigenvalue weighted by molar-refractivity contribution is 7.80. The van der Waals surface area contributed by atoms with Crippen LogP contribution in [0, 0.1) is 0 Å². The van der Waals surface area contributed by atoms with E-state index in [0.717, 1.165) is 23.7 Å². The van der Waals surface area contributed by atoms with Gasteiger partial charge in [0.2, 0.25) is 0 Å². The van der Waals surface area contributed by atoms with Crippen molar-refractivity contribution in [1.82, 2.24) is 9.97 Å². The van der Waals surface area contributed by atoms with Gasteiger partial charge in [-0.1, -0.05) is 18.2 Å². The summed E-state index contributed by atoms with van der Waals surface area (Å²) < 4.78 is 1.31. The fraction of sp³-hybridized carbons (Fsp3) is 0.154. The van der Waals surface area contributed by atoms with Gasteiger partial charge >= 0.3 is 0 Å². The third-order valence-corrected chi connectivity index (χ3v) is 3.94. The number of aryl methyl sites for hydroxylation is 1. The molecule has 3 rings (SSSR count). The summed E-state index contributed by atoms with van der Waals surface area (Å²) in [6.45, 7) is 0. The van der Waals surface area contributed by atoms with Crippen LogP contribution in [0.1, 0.15) is 5.82 Å². The predicted octanol–water partition coefficient (Wildman–Crippen LogP) is 3.76. The lowest BCUT2D eigenvalue weighted by Crippen LogP contribution is -1.88. The molecular formula is C13H12N2S2. The monoisotopic (exact) mass is 260 g/mol. The summed E-state index contributed by atoms with van der Waals surface area (Å²) in [5.41, 5.74) is 2.34. The lowest BCUT2D eigenvalue weighted by atomic mass is 10.1. The minimum Gasteiger partial charge on any atom is -0.342 e. The van der Waals surface area contributed by atoms with E-state index in [1.54, 1.807) is 11.3 Å². The average molecular weight is 260 g/mol. The lowest BCUT2D eigenvalue weighted by molar-refractivity contribution is 1.00. The number of nitrogens with zero attached hydrogens (tertiary/aromatic N) is 1. The molecule has 2 aromatic heterocycles. The third kappa shape index (κ3) is 1.98. The third-order valence-electron chi connectivity index (χ3n) is 2.75. The second-order valence-corrected chi connectivity index (χ2v) is 5.22. The molecule has 17 heavy (non-hydrogen) atoms. The van der Waals surface area contributed by atoms with Gasteiger partial charge in [-0.25, -0.2) is 4.98 Å². The van der Waals surface area contributed by atoms with Crippen molar-refractivity contribution in [3.63, 3.8) is 0 Å². The number of thiophene rings is 1. The van der Waals surface area contributed by atoms with E-state index < -0.39 is 0 Å². The molecular weight excluding hydrogens is 248 g/mol. The van der Waals surface area contributed by atoms with E-state index >= 15 is 0 Å².